The molecule has 1 N–H and O–H groups in total. The van der Waals surface area contributed by atoms with E-state index in [1.165, 1.54) is 12.4 Å². The van der Waals surface area contributed by atoms with E-state index in [1.54, 1.807) is 21.8 Å². The topological polar surface area (TPSA) is 108 Å². The third kappa shape index (κ3) is 3.02. The number of hydrogen-bond acceptors (Lipinski definition) is 7. The SMILES string of the molecule is O=c1ccc(-n2cncn2)nn1C1CCC(Nc2nnc3ccccn23)CC1. The minimum absolute atomic E-state index is 0.0733. The number of pyridine rings is 1. The largest absolute Gasteiger partial charge is 0.351 e. The summed E-state index contributed by atoms with van der Waals surface area (Å²) in [6.45, 7) is 0. The average Bonchev–Trinajstić information content (AvgIpc) is 3.40. The van der Waals surface area contributed by atoms with Gasteiger partial charge >= 0.3 is 0 Å². The highest BCUT2D eigenvalue weighted by atomic mass is 16.1. The summed E-state index contributed by atoms with van der Waals surface area (Å²) in [6, 6.07) is 9.39. The summed E-state index contributed by atoms with van der Waals surface area (Å²) in [7, 11) is 0. The van der Waals surface area contributed by atoms with Crippen molar-refractivity contribution < 1.29 is 0 Å². The van der Waals surface area contributed by atoms with E-state index < -0.39 is 0 Å². The molecule has 0 aliphatic heterocycles. The summed E-state index contributed by atoms with van der Waals surface area (Å²) in [4.78, 5) is 16.3. The number of aromatic nitrogens is 8. The fourth-order valence-electron chi connectivity index (χ4n) is 3.71. The van der Waals surface area contributed by atoms with Crippen LogP contribution < -0.4 is 10.9 Å². The van der Waals surface area contributed by atoms with Crippen molar-refractivity contribution in [2.24, 2.45) is 0 Å². The van der Waals surface area contributed by atoms with Crippen LogP contribution in [-0.2, 0) is 0 Å². The highest BCUT2D eigenvalue weighted by molar-refractivity contribution is 5.45. The van der Waals surface area contributed by atoms with Gasteiger partial charge in [0.1, 0.15) is 12.7 Å². The quantitative estimate of drug-likeness (QED) is 0.574. The van der Waals surface area contributed by atoms with Gasteiger partial charge in [0.05, 0.1) is 6.04 Å². The van der Waals surface area contributed by atoms with Crippen LogP contribution in [0.5, 0.6) is 0 Å². The molecule has 0 amide bonds. The molecule has 0 bridgehead atoms. The normalized spacial score (nSPS) is 19.7. The molecule has 28 heavy (non-hydrogen) atoms. The zero-order valence-corrected chi connectivity index (χ0v) is 15.1. The van der Waals surface area contributed by atoms with Crippen LogP contribution in [0, 0.1) is 0 Å². The lowest BCUT2D eigenvalue weighted by Gasteiger charge is -2.29. The van der Waals surface area contributed by atoms with Gasteiger partial charge in [-0.2, -0.15) is 5.10 Å². The number of fused-ring (bicyclic) bond motifs is 1. The molecule has 1 aliphatic rings. The highest BCUT2D eigenvalue weighted by Gasteiger charge is 2.25. The van der Waals surface area contributed by atoms with Crippen LogP contribution in [0.4, 0.5) is 5.95 Å². The monoisotopic (exact) mass is 377 g/mol. The molecular weight excluding hydrogens is 358 g/mol. The van der Waals surface area contributed by atoms with Gasteiger partial charge in [0.15, 0.2) is 11.5 Å². The third-order valence-corrected chi connectivity index (χ3v) is 5.15. The van der Waals surface area contributed by atoms with Crippen LogP contribution in [0.15, 0.2) is 54.0 Å². The minimum atomic E-state index is -0.0938. The molecule has 10 heteroatoms. The maximum absolute atomic E-state index is 12.3. The smallest absolute Gasteiger partial charge is 0.267 e. The molecule has 1 fully saturated rings. The molecular formula is C18H19N9O. The summed E-state index contributed by atoms with van der Waals surface area (Å²) >= 11 is 0. The number of nitrogens with zero attached hydrogens (tertiary/aromatic N) is 8. The Morgan fingerprint density at radius 3 is 2.75 bits per heavy atom. The summed E-state index contributed by atoms with van der Waals surface area (Å²) in [5.74, 6) is 1.34. The molecule has 4 aromatic heterocycles. The molecule has 5 rings (SSSR count). The Morgan fingerprint density at radius 1 is 1.04 bits per heavy atom. The Morgan fingerprint density at radius 2 is 1.93 bits per heavy atom. The zero-order chi connectivity index (χ0) is 18.9. The van der Waals surface area contributed by atoms with Gasteiger partial charge in [-0.3, -0.25) is 9.20 Å². The molecule has 1 aliphatic carbocycles. The fourth-order valence-corrected chi connectivity index (χ4v) is 3.71. The van der Waals surface area contributed by atoms with Gasteiger partial charge < -0.3 is 5.32 Å². The Labute approximate surface area is 159 Å². The first kappa shape index (κ1) is 16.6. The van der Waals surface area contributed by atoms with Crippen molar-refractivity contribution in [1.29, 1.82) is 0 Å². The number of anilines is 1. The van der Waals surface area contributed by atoms with Crippen LogP contribution in [0.25, 0.3) is 11.5 Å². The molecule has 0 radical (unpaired) electrons. The maximum Gasteiger partial charge on any atom is 0.267 e. The van der Waals surface area contributed by atoms with Gasteiger partial charge in [-0.25, -0.2) is 14.3 Å². The number of hydrogen-bond donors (Lipinski definition) is 1. The van der Waals surface area contributed by atoms with Gasteiger partial charge in [0.2, 0.25) is 5.95 Å². The lowest BCUT2D eigenvalue weighted by atomic mass is 9.91. The van der Waals surface area contributed by atoms with Crippen LogP contribution in [0.1, 0.15) is 31.7 Å². The van der Waals surface area contributed by atoms with E-state index in [-0.39, 0.29) is 17.6 Å². The molecule has 1 saturated carbocycles. The van der Waals surface area contributed by atoms with Crippen molar-refractivity contribution in [1.82, 2.24) is 39.1 Å². The highest BCUT2D eigenvalue weighted by Crippen LogP contribution is 2.28. The van der Waals surface area contributed by atoms with Crippen LogP contribution in [0.2, 0.25) is 0 Å². The lowest BCUT2D eigenvalue weighted by molar-refractivity contribution is 0.302. The molecule has 0 aromatic carbocycles. The van der Waals surface area contributed by atoms with Gasteiger partial charge in [0.25, 0.3) is 5.56 Å². The molecule has 142 valence electrons. The van der Waals surface area contributed by atoms with E-state index in [1.807, 2.05) is 28.8 Å². The molecule has 4 aromatic rings. The van der Waals surface area contributed by atoms with E-state index in [9.17, 15) is 4.79 Å². The Kier molecular flexibility index (Phi) is 4.08. The Balaban J connectivity index is 1.30. The molecule has 10 nitrogen and oxygen atoms in total. The van der Waals surface area contributed by atoms with E-state index in [0.717, 1.165) is 37.3 Å². The van der Waals surface area contributed by atoms with Crippen LogP contribution >= 0.6 is 0 Å². The molecule has 4 heterocycles. The fraction of sp³-hybridized carbons (Fsp3) is 0.333. The Bertz CT molecular complexity index is 1140. The van der Waals surface area contributed by atoms with Crippen molar-refractivity contribution in [2.75, 3.05) is 5.32 Å². The minimum Gasteiger partial charge on any atom is -0.351 e. The number of rotatable bonds is 4. The van der Waals surface area contributed by atoms with Crippen molar-refractivity contribution >= 4 is 11.6 Å². The van der Waals surface area contributed by atoms with Gasteiger partial charge in [-0.1, -0.05) is 6.07 Å². The van der Waals surface area contributed by atoms with E-state index in [2.05, 4.69) is 30.7 Å². The van der Waals surface area contributed by atoms with E-state index in [0.29, 0.717) is 5.82 Å². The number of nitrogens with one attached hydrogen (secondary N) is 1. The third-order valence-electron chi connectivity index (χ3n) is 5.15. The first-order valence-corrected chi connectivity index (χ1v) is 9.29. The summed E-state index contributed by atoms with van der Waals surface area (Å²) < 4.78 is 5.08. The molecule has 0 saturated heterocycles. The lowest BCUT2D eigenvalue weighted by Crippen LogP contribution is -2.34. The second-order valence-electron chi connectivity index (χ2n) is 6.92. The van der Waals surface area contributed by atoms with Crippen molar-refractivity contribution in [3.8, 4) is 5.82 Å². The second-order valence-corrected chi connectivity index (χ2v) is 6.92. The first-order chi connectivity index (χ1) is 13.8. The van der Waals surface area contributed by atoms with Crippen molar-refractivity contribution in [3.05, 3.63) is 59.5 Å². The Hall–Kier alpha value is -3.56. The average molecular weight is 377 g/mol. The predicted octanol–water partition coefficient (Wildman–Crippen LogP) is 1.46. The van der Waals surface area contributed by atoms with Crippen LogP contribution in [0.3, 0.4) is 0 Å². The predicted molar refractivity (Wildman–Crippen MR) is 101 cm³/mol. The maximum atomic E-state index is 12.3. The second kappa shape index (κ2) is 6.87. The van der Waals surface area contributed by atoms with Gasteiger partial charge in [0, 0.05) is 18.3 Å². The van der Waals surface area contributed by atoms with Gasteiger partial charge in [-0.15, -0.1) is 15.3 Å². The summed E-state index contributed by atoms with van der Waals surface area (Å²) in [5.41, 5.74) is 0.725. The molecule has 0 unspecified atom stereocenters. The van der Waals surface area contributed by atoms with Crippen molar-refractivity contribution in [2.45, 2.75) is 37.8 Å². The standard InChI is InChI=1S/C18H19N9O/c28-17-9-8-16(26-12-19-11-20-26)24-27(17)14-6-4-13(5-7-14)21-18-23-22-15-3-1-2-10-25(15)18/h1-3,8-14H,4-7H2,(H,21,23). The van der Waals surface area contributed by atoms with Gasteiger partial charge in [-0.05, 0) is 43.9 Å². The van der Waals surface area contributed by atoms with Crippen molar-refractivity contribution in [3.63, 3.8) is 0 Å². The van der Waals surface area contributed by atoms with E-state index in [4.69, 9.17) is 0 Å². The summed E-state index contributed by atoms with van der Waals surface area (Å²) in [5, 5.41) is 20.5. The first-order valence-electron chi connectivity index (χ1n) is 9.29. The molecule has 0 spiro atoms. The molecule has 0 atom stereocenters. The zero-order valence-electron chi connectivity index (χ0n) is 15.1. The van der Waals surface area contributed by atoms with Crippen LogP contribution in [-0.4, -0.2) is 45.2 Å². The summed E-state index contributed by atoms with van der Waals surface area (Å²) in [6.07, 6.45) is 8.54. The van der Waals surface area contributed by atoms with E-state index >= 15 is 0 Å².